The summed E-state index contributed by atoms with van der Waals surface area (Å²) in [7, 11) is 0. The zero-order valence-electron chi connectivity index (χ0n) is 10.3. The van der Waals surface area contributed by atoms with E-state index in [-0.39, 0.29) is 0 Å². The molecule has 0 bridgehead atoms. The Morgan fingerprint density at radius 1 is 1.06 bits per heavy atom. The average Bonchev–Trinajstić information content (AvgIpc) is 2.74. The molecule has 3 heteroatoms. The Labute approximate surface area is 114 Å². The minimum Gasteiger partial charge on any atom is -0.338 e. The highest BCUT2D eigenvalue weighted by Crippen LogP contribution is 2.26. The molecule has 0 aliphatic carbocycles. The van der Waals surface area contributed by atoms with E-state index in [0.29, 0.717) is 0 Å². The molecule has 90 valence electrons. The molecular formula is C15H13BrN2. The van der Waals surface area contributed by atoms with Gasteiger partial charge in [0.15, 0.2) is 0 Å². The number of nitrogens with one attached hydrogen (secondary N) is 1. The van der Waals surface area contributed by atoms with Gasteiger partial charge in [0, 0.05) is 10.0 Å². The van der Waals surface area contributed by atoms with Crippen LogP contribution < -0.4 is 0 Å². The van der Waals surface area contributed by atoms with Gasteiger partial charge in [-0.25, -0.2) is 4.98 Å². The van der Waals surface area contributed by atoms with Gasteiger partial charge in [-0.05, 0) is 49.2 Å². The van der Waals surface area contributed by atoms with Crippen LogP contribution in [-0.2, 0) is 0 Å². The number of H-pyrrole nitrogens is 1. The number of aromatic nitrogens is 2. The van der Waals surface area contributed by atoms with Crippen LogP contribution in [0.1, 0.15) is 11.1 Å². The lowest BCUT2D eigenvalue weighted by Gasteiger charge is -2.02. The van der Waals surface area contributed by atoms with Crippen molar-refractivity contribution in [1.82, 2.24) is 9.97 Å². The molecule has 0 saturated carbocycles. The van der Waals surface area contributed by atoms with Gasteiger partial charge in [-0.2, -0.15) is 0 Å². The number of aryl methyl sites for hydroxylation is 2. The molecule has 0 amide bonds. The Balaban J connectivity index is 2.22. The van der Waals surface area contributed by atoms with Gasteiger partial charge in [0.25, 0.3) is 0 Å². The zero-order chi connectivity index (χ0) is 12.7. The molecule has 0 fully saturated rings. The van der Waals surface area contributed by atoms with Crippen molar-refractivity contribution >= 4 is 27.0 Å². The van der Waals surface area contributed by atoms with E-state index in [4.69, 9.17) is 0 Å². The molecule has 0 unspecified atom stereocenters. The smallest absolute Gasteiger partial charge is 0.138 e. The molecule has 1 heterocycles. The molecule has 0 radical (unpaired) electrons. The minimum atomic E-state index is 0.925. The van der Waals surface area contributed by atoms with Crippen LogP contribution in [0.4, 0.5) is 0 Å². The summed E-state index contributed by atoms with van der Waals surface area (Å²) in [4.78, 5) is 8.04. The van der Waals surface area contributed by atoms with E-state index in [1.165, 1.54) is 11.1 Å². The Kier molecular flexibility index (Phi) is 2.71. The van der Waals surface area contributed by atoms with E-state index < -0.39 is 0 Å². The Hall–Kier alpha value is -1.61. The third-order valence-electron chi connectivity index (χ3n) is 3.09. The predicted octanol–water partition coefficient (Wildman–Crippen LogP) is 4.61. The third kappa shape index (κ3) is 1.95. The van der Waals surface area contributed by atoms with Crippen LogP contribution in [0.3, 0.4) is 0 Å². The summed E-state index contributed by atoms with van der Waals surface area (Å²) in [6.45, 7) is 4.19. The first-order chi connectivity index (χ1) is 8.63. The average molecular weight is 301 g/mol. The second-order valence-corrected chi connectivity index (χ2v) is 5.48. The van der Waals surface area contributed by atoms with Crippen molar-refractivity contribution < 1.29 is 0 Å². The quantitative estimate of drug-likeness (QED) is 0.698. The highest BCUT2D eigenvalue weighted by Gasteiger charge is 2.08. The van der Waals surface area contributed by atoms with Crippen LogP contribution in [0.25, 0.3) is 22.4 Å². The third-order valence-corrected chi connectivity index (χ3v) is 3.59. The standard InChI is InChI=1S/C15H13BrN2/c1-9-3-6-13-14(7-9)18-15(17-13)12-8-11(16)5-4-10(12)2/h3-8H,1-2H3,(H,17,18). The molecule has 1 N–H and O–H groups in total. The van der Waals surface area contributed by atoms with Gasteiger partial charge < -0.3 is 4.98 Å². The van der Waals surface area contributed by atoms with Crippen LogP contribution in [0.2, 0.25) is 0 Å². The van der Waals surface area contributed by atoms with Gasteiger partial charge in [-0.3, -0.25) is 0 Å². The van der Waals surface area contributed by atoms with E-state index in [1.54, 1.807) is 0 Å². The maximum absolute atomic E-state index is 4.65. The molecule has 0 spiro atoms. The van der Waals surface area contributed by atoms with E-state index in [0.717, 1.165) is 26.9 Å². The second-order valence-electron chi connectivity index (χ2n) is 4.57. The molecule has 3 aromatic rings. The minimum absolute atomic E-state index is 0.925. The van der Waals surface area contributed by atoms with Gasteiger partial charge in [-0.1, -0.05) is 28.1 Å². The predicted molar refractivity (Wildman–Crippen MR) is 78.7 cm³/mol. The Morgan fingerprint density at radius 2 is 1.89 bits per heavy atom. The molecule has 0 atom stereocenters. The maximum atomic E-state index is 4.65. The van der Waals surface area contributed by atoms with Gasteiger partial charge in [0.2, 0.25) is 0 Å². The van der Waals surface area contributed by atoms with Gasteiger partial charge in [0.1, 0.15) is 5.82 Å². The summed E-state index contributed by atoms with van der Waals surface area (Å²) in [6.07, 6.45) is 0. The number of hydrogen-bond donors (Lipinski definition) is 1. The number of imidazole rings is 1. The van der Waals surface area contributed by atoms with Crippen molar-refractivity contribution in [2.45, 2.75) is 13.8 Å². The lowest BCUT2D eigenvalue weighted by Crippen LogP contribution is -1.85. The largest absolute Gasteiger partial charge is 0.338 e. The fourth-order valence-electron chi connectivity index (χ4n) is 2.10. The highest BCUT2D eigenvalue weighted by molar-refractivity contribution is 9.10. The molecule has 1 aromatic heterocycles. The Morgan fingerprint density at radius 3 is 2.72 bits per heavy atom. The van der Waals surface area contributed by atoms with Crippen LogP contribution >= 0.6 is 15.9 Å². The first-order valence-electron chi connectivity index (χ1n) is 5.86. The summed E-state index contributed by atoms with van der Waals surface area (Å²) in [6, 6.07) is 12.5. The molecule has 0 aliphatic heterocycles. The van der Waals surface area contributed by atoms with Crippen LogP contribution in [0, 0.1) is 13.8 Å². The SMILES string of the molecule is Cc1ccc2nc(-c3cc(Br)ccc3C)[nH]c2c1. The van der Waals surface area contributed by atoms with Gasteiger partial charge in [-0.15, -0.1) is 0 Å². The van der Waals surface area contributed by atoms with Crippen molar-refractivity contribution in [3.05, 3.63) is 52.0 Å². The van der Waals surface area contributed by atoms with Crippen molar-refractivity contribution in [3.8, 4) is 11.4 Å². The number of aromatic amines is 1. The molecule has 2 nitrogen and oxygen atoms in total. The topological polar surface area (TPSA) is 28.7 Å². The number of hydrogen-bond acceptors (Lipinski definition) is 1. The Bertz CT molecular complexity index is 728. The molecule has 2 aromatic carbocycles. The number of rotatable bonds is 1. The molecule has 18 heavy (non-hydrogen) atoms. The first-order valence-corrected chi connectivity index (χ1v) is 6.66. The number of benzene rings is 2. The van der Waals surface area contributed by atoms with Crippen molar-refractivity contribution in [2.75, 3.05) is 0 Å². The van der Waals surface area contributed by atoms with E-state index in [1.807, 2.05) is 6.07 Å². The summed E-state index contributed by atoms with van der Waals surface area (Å²) in [5, 5.41) is 0. The zero-order valence-corrected chi connectivity index (χ0v) is 11.9. The normalized spacial score (nSPS) is 11.1. The fraction of sp³-hybridized carbons (Fsp3) is 0.133. The van der Waals surface area contributed by atoms with Crippen molar-refractivity contribution in [1.29, 1.82) is 0 Å². The first kappa shape index (κ1) is 11.5. The summed E-state index contributed by atoms with van der Waals surface area (Å²) < 4.78 is 1.07. The fourth-order valence-corrected chi connectivity index (χ4v) is 2.46. The van der Waals surface area contributed by atoms with Crippen molar-refractivity contribution in [3.63, 3.8) is 0 Å². The summed E-state index contributed by atoms with van der Waals surface area (Å²) in [5.74, 6) is 0.925. The van der Waals surface area contributed by atoms with Gasteiger partial charge in [0.05, 0.1) is 11.0 Å². The van der Waals surface area contributed by atoms with E-state index >= 15 is 0 Å². The lowest BCUT2D eigenvalue weighted by molar-refractivity contribution is 1.30. The molecule has 3 rings (SSSR count). The molecule has 0 saturated heterocycles. The monoisotopic (exact) mass is 300 g/mol. The molecular weight excluding hydrogens is 288 g/mol. The number of nitrogens with zero attached hydrogens (tertiary/aromatic N) is 1. The highest BCUT2D eigenvalue weighted by atomic mass is 79.9. The van der Waals surface area contributed by atoms with Crippen LogP contribution in [0.5, 0.6) is 0 Å². The number of fused-ring (bicyclic) bond motifs is 1. The summed E-state index contributed by atoms with van der Waals surface area (Å²) in [5.41, 5.74) is 5.69. The van der Waals surface area contributed by atoms with Crippen LogP contribution in [0.15, 0.2) is 40.9 Å². The number of halogens is 1. The maximum Gasteiger partial charge on any atom is 0.138 e. The van der Waals surface area contributed by atoms with Gasteiger partial charge >= 0.3 is 0 Å². The summed E-state index contributed by atoms with van der Waals surface area (Å²) >= 11 is 3.51. The second kappa shape index (κ2) is 4.25. The van der Waals surface area contributed by atoms with Crippen LogP contribution in [-0.4, -0.2) is 9.97 Å². The molecule has 0 aliphatic rings. The van der Waals surface area contributed by atoms with E-state index in [2.05, 4.69) is 70.1 Å². The van der Waals surface area contributed by atoms with E-state index in [9.17, 15) is 0 Å². The lowest BCUT2D eigenvalue weighted by atomic mass is 10.1. The van der Waals surface area contributed by atoms with Crippen molar-refractivity contribution in [2.24, 2.45) is 0 Å².